The molecule has 1 atom stereocenters. The van der Waals surface area contributed by atoms with Crippen LogP contribution in [0, 0.1) is 12.7 Å². The third-order valence-corrected chi connectivity index (χ3v) is 4.30. The summed E-state index contributed by atoms with van der Waals surface area (Å²) in [6, 6.07) is 7.17. The zero-order valence-electron chi connectivity index (χ0n) is 12.6. The Morgan fingerprint density at radius 1 is 1.33 bits per heavy atom. The second-order valence-corrected chi connectivity index (χ2v) is 5.71. The maximum Gasteiger partial charge on any atom is 0.141 e. The Morgan fingerprint density at radius 3 is 2.81 bits per heavy atom. The number of likely N-dealkylation sites (tertiary alicyclic amines) is 1. The molecule has 2 aromatic rings. The largest absolute Gasteiger partial charge is 0.361 e. The van der Waals surface area contributed by atoms with Crippen LogP contribution < -0.4 is 0 Å². The summed E-state index contributed by atoms with van der Waals surface area (Å²) < 4.78 is 18.5. The number of nitrogens with zero attached hydrogens (tertiary/aromatic N) is 2. The van der Waals surface area contributed by atoms with E-state index in [0.29, 0.717) is 6.04 Å². The summed E-state index contributed by atoms with van der Waals surface area (Å²) in [6.07, 6.45) is 3.19. The highest BCUT2D eigenvalue weighted by molar-refractivity contribution is 5.27. The van der Waals surface area contributed by atoms with Crippen molar-refractivity contribution in [2.75, 3.05) is 6.54 Å². The van der Waals surface area contributed by atoms with Gasteiger partial charge in [0, 0.05) is 24.6 Å². The average molecular weight is 288 g/mol. The summed E-state index contributed by atoms with van der Waals surface area (Å²) in [5.74, 6) is 0.823. The van der Waals surface area contributed by atoms with Gasteiger partial charge in [-0.3, -0.25) is 4.90 Å². The maximum atomic E-state index is 13.0. The summed E-state index contributed by atoms with van der Waals surface area (Å²) in [5, 5.41) is 4.13. The van der Waals surface area contributed by atoms with Gasteiger partial charge < -0.3 is 4.52 Å². The number of aromatic nitrogens is 1. The Bertz CT molecular complexity index is 606. The minimum absolute atomic E-state index is 0.181. The second-order valence-electron chi connectivity index (χ2n) is 5.71. The fourth-order valence-corrected chi connectivity index (χ4v) is 3.27. The molecule has 0 N–H and O–H groups in total. The predicted octanol–water partition coefficient (Wildman–Crippen LogP) is 4.02. The summed E-state index contributed by atoms with van der Waals surface area (Å²) >= 11 is 0. The molecule has 1 aromatic carbocycles. The molecule has 0 spiro atoms. The SMILES string of the molecule is CCc1onc(C)c1C1CCCN1Cc1ccc(F)cc1. The first kappa shape index (κ1) is 14.3. The normalized spacial score (nSPS) is 19.3. The van der Waals surface area contributed by atoms with Gasteiger partial charge in [-0.05, 0) is 44.0 Å². The van der Waals surface area contributed by atoms with Gasteiger partial charge in [0.2, 0.25) is 0 Å². The van der Waals surface area contributed by atoms with Crippen molar-refractivity contribution in [3.05, 3.63) is 52.7 Å². The van der Waals surface area contributed by atoms with E-state index in [2.05, 4.69) is 17.0 Å². The average Bonchev–Trinajstić information content (AvgIpc) is 3.07. The predicted molar refractivity (Wildman–Crippen MR) is 79.4 cm³/mol. The van der Waals surface area contributed by atoms with E-state index < -0.39 is 0 Å². The molecule has 3 nitrogen and oxygen atoms in total. The van der Waals surface area contributed by atoms with Crippen LogP contribution in [0.4, 0.5) is 4.39 Å². The molecule has 1 saturated heterocycles. The minimum atomic E-state index is -0.181. The highest BCUT2D eigenvalue weighted by Crippen LogP contribution is 2.36. The minimum Gasteiger partial charge on any atom is -0.361 e. The Morgan fingerprint density at radius 2 is 2.10 bits per heavy atom. The van der Waals surface area contributed by atoms with Gasteiger partial charge in [0.1, 0.15) is 11.6 Å². The Hall–Kier alpha value is -1.68. The monoisotopic (exact) mass is 288 g/mol. The first-order chi connectivity index (χ1) is 10.2. The Labute approximate surface area is 124 Å². The van der Waals surface area contributed by atoms with Crippen LogP contribution in [-0.4, -0.2) is 16.6 Å². The number of halogens is 1. The van der Waals surface area contributed by atoms with Crippen molar-refractivity contribution in [3.8, 4) is 0 Å². The molecule has 21 heavy (non-hydrogen) atoms. The highest BCUT2D eigenvalue weighted by atomic mass is 19.1. The molecule has 1 aliphatic heterocycles. The molecule has 2 heterocycles. The van der Waals surface area contributed by atoms with Crippen LogP contribution >= 0.6 is 0 Å². The molecule has 0 saturated carbocycles. The first-order valence-corrected chi connectivity index (χ1v) is 7.62. The molecule has 1 unspecified atom stereocenters. The fraction of sp³-hybridized carbons (Fsp3) is 0.471. The van der Waals surface area contributed by atoms with Crippen LogP contribution in [0.2, 0.25) is 0 Å². The van der Waals surface area contributed by atoms with E-state index in [9.17, 15) is 4.39 Å². The lowest BCUT2D eigenvalue weighted by atomic mass is 10.0. The van der Waals surface area contributed by atoms with Crippen LogP contribution in [0.25, 0.3) is 0 Å². The van der Waals surface area contributed by atoms with Gasteiger partial charge in [0.05, 0.1) is 5.69 Å². The van der Waals surface area contributed by atoms with Crippen LogP contribution in [0.5, 0.6) is 0 Å². The molecular formula is C17H21FN2O. The van der Waals surface area contributed by atoms with E-state index in [1.165, 1.54) is 24.1 Å². The molecule has 0 aliphatic carbocycles. The third kappa shape index (κ3) is 2.86. The topological polar surface area (TPSA) is 29.3 Å². The van der Waals surface area contributed by atoms with Gasteiger partial charge >= 0.3 is 0 Å². The molecule has 3 rings (SSSR count). The standard InChI is InChI=1S/C17H21FN2O/c1-3-16-17(12(2)19-21-16)15-5-4-10-20(15)11-13-6-8-14(18)9-7-13/h6-9,15H,3-5,10-11H2,1-2H3. The van der Waals surface area contributed by atoms with Gasteiger partial charge in [-0.15, -0.1) is 0 Å². The van der Waals surface area contributed by atoms with Crippen LogP contribution in [-0.2, 0) is 13.0 Å². The third-order valence-electron chi connectivity index (χ3n) is 4.30. The van der Waals surface area contributed by atoms with Gasteiger partial charge in [0.25, 0.3) is 0 Å². The van der Waals surface area contributed by atoms with E-state index >= 15 is 0 Å². The Balaban J connectivity index is 1.82. The number of rotatable bonds is 4. The molecule has 1 aromatic heterocycles. The molecule has 1 fully saturated rings. The van der Waals surface area contributed by atoms with Gasteiger partial charge in [-0.25, -0.2) is 4.39 Å². The van der Waals surface area contributed by atoms with Crippen molar-refractivity contribution in [2.24, 2.45) is 0 Å². The second kappa shape index (κ2) is 5.98. The van der Waals surface area contributed by atoms with Crippen molar-refractivity contribution < 1.29 is 8.91 Å². The quantitative estimate of drug-likeness (QED) is 0.851. The Kier molecular flexibility index (Phi) is 4.06. The summed E-state index contributed by atoms with van der Waals surface area (Å²) in [4.78, 5) is 2.45. The highest BCUT2D eigenvalue weighted by Gasteiger charge is 2.31. The number of hydrogen-bond donors (Lipinski definition) is 0. The first-order valence-electron chi connectivity index (χ1n) is 7.62. The summed E-state index contributed by atoms with van der Waals surface area (Å²) in [6.45, 7) is 6.03. The zero-order valence-corrected chi connectivity index (χ0v) is 12.6. The molecule has 4 heteroatoms. The van der Waals surface area contributed by atoms with Crippen LogP contribution in [0.15, 0.2) is 28.8 Å². The number of hydrogen-bond acceptors (Lipinski definition) is 3. The van der Waals surface area contributed by atoms with E-state index in [1.807, 2.05) is 19.1 Å². The summed E-state index contributed by atoms with van der Waals surface area (Å²) in [7, 11) is 0. The van der Waals surface area contributed by atoms with Crippen molar-refractivity contribution >= 4 is 0 Å². The molecule has 0 radical (unpaired) electrons. The lowest BCUT2D eigenvalue weighted by Crippen LogP contribution is -2.23. The molecular weight excluding hydrogens is 267 g/mol. The number of aryl methyl sites for hydroxylation is 2. The maximum absolute atomic E-state index is 13.0. The van der Waals surface area contributed by atoms with E-state index in [1.54, 1.807) is 0 Å². The van der Waals surface area contributed by atoms with Crippen LogP contribution in [0.3, 0.4) is 0 Å². The number of benzene rings is 1. The molecule has 1 aliphatic rings. The van der Waals surface area contributed by atoms with Crippen LogP contribution in [0.1, 0.15) is 48.4 Å². The smallest absolute Gasteiger partial charge is 0.141 e. The summed E-state index contributed by atoms with van der Waals surface area (Å²) in [5.41, 5.74) is 3.41. The van der Waals surface area contributed by atoms with Crippen molar-refractivity contribution in [1.82, 2.24) is 10.1 Å². The molecule has 0 amide bonds. The molecule has 0 bridgehead atoms. The fourth-order valence-electron chi connectivity index (χ4n) is 3.27. The van der Waals surface area contributed by atoms with Gasteiger partial charge in [-0.2, -0.15) is 0 Å². The zero-order chi connectivity index (χ0) is 14.8. The molecule has 112 valence electrons. The van der Waals surface area contributed by atoms with Gasteiger partial charge in [0.15, 0.2) is 0 Å². The lowest BCUT2D eigenvalue weighted by Gasteiger charge is -2.24. The van der Waals surface area contributed by atoms with Crippen molar-refractivity contribution in [2.45, 2.75) is 45.7 Å². The van der Waals surface area contributed by atoms with E-state index in [4.69, 9.17) is 4.52 Å². The van der Waals surface area contributed by atoms with Gasteiger partial charge in [-0.1, -0.05) is 24.2 Å². The lowest BCUT2D eigenvalue weighted by molar-refractivity contribution is 0.245. The van der Waals surface area contributed by atoms with Crippen molar-refractivity contribution in [3.63, 3.8) is 0 Å². The van der Waals surface area contributed by atoms with E-state index in [-0.39, 0.29) is 5.82 Å². The van der Waals surface area contributed by atoms with Crippen molar-refractivity contribution in [1.29, 1.82) is 0 Å². The van der Waals surface area contributed by atoms with E-state index in [0.717, 1.165) is 42.9 Å².